The molecule has 10 heteroatoms. The smallest absolute Gasteiger partial charge is 0.243 e. The number of hydrogen-bond acceptors (Lipinski definition) is 7. The van der Waals surface area contributed by atoms with E-state index in [1.165, 1.54) is 10.7 Å². The average molecular weight is 424 g/mol. The van der Waals surface area contributed by atoms with Gasteiger partial charge in [0.15, 0.2) is 17.3 Å². The van der Waals surface area contributed by atoms with Crippen LogP contribution in [-0.4, -0.2) is 53.0 Å². The van der Waals surface area contributed by atoms with Gasteiger partial charge in [0.1, 0.15) is 5.52 Å². The topological polar surface area (TPSA) is 105 Å². The van der Waals surface area contributed by atoms with Gasteiger partial charge in [-0.2, -0.15) is 10.1 Å². The van der Waals surface area contributed by atoms with Crippen LogP contribution < -0.4 is 10.6 Å². The Morgan fingerprint density at radius 2 is 2.00 bits per heavy atom. The number of hydrogen-bond donors (Lipinski definition) is 3. The summed E-state index contributed by atoms with van der Waals surface area (Å²) in [6, 6.07) is 1.90. The maximum absolute atomic E-state index is 15.1. The highest BCUT2D eigenvalue weighted by Crippen LogP contribution is 2.33. The molecule has 0 radical (unpaired) electrons. The quantitative estimate of drug-likeness (QED) is 0.462. The predicted molar refractivity (Wildman–Crippen MR) is 116 cm³/mol. The van der Waals surface area contributed by atoms with Crippen molar-refractivity contribution < 1.29 is 9.50 Å². The molecule has 31 heavy (non-hydrogen) atoms. The standard InChI is InChI=1S/C21H25FN8O/c1-12-10-24-29-9-6-15(26-19(12)29)16-14(22)11-30-17(16)18(23-3)27-20(28-30)25-13-4-7-21(2,31)8-5-13/h6,9-11,13,31H,4-5,7-8H2,1-3H3,(H2,23,25,27,28). The molecule has 162 valence electrons. The van der Waals surface area contributed by atoms with Crippen LogP contribution in [0.4, 0.5) is 16.2 Å². The first-order valence-corrected chi connectivity index (χ1v) is 10.4. The molecule has 0 bridgehead atoms. The van der Waals surface area contributed by atoms with Gasteiger partial charge in [-0.1, -0.05) is 0 Å². The molecule has 1 aliphatic rings. The fraction of sp³-hybridized carbons (Fsp3) is 0.429. The van der Waals surface area contributed by atoms with Crippen LogP contribution in [0.1, 0.15) is 38.2 Å². The minimum Gasteiger partial charge on any atom is -0.390 e. The Bertz CT molecular complexity index is 1270. The molecule has 0 amide bonds. The molecule has 1 aliphatic carbocycles. The molecule has 4 heterocycles. The number of aliphatic hydroxyl groups is 1. The first-order valence-electron chi connectivity index (χ1n) is 10.4. The monoisotopic (exact) mass is 424 g/mol. The number of aryl methyl sites for hydroxylation is 1. The van der Waals surface area contributed by atoms with Crippen molar-refractivity contribution in [3.63, 3.8) is 0 Å². The summed E-state index contributed by atoms with van der Waals surface area (Å²) in [5.41, 5.74) is 2.33. The number of rotatable bonds is 4. The Hall–Kier alpha value is -3.27. The Labute approximate surface area is 178 Å². The van der Waals surface area contributed by atoms with Crippen molar-refractivity contribution >= 4 is 22.9 Å². The highest BCUT2D eigenvalue weighted by Gasteiger charge is 2.29. The normalized spacial score (nSPS) is 21.6. The number of nitrogens with one attached hydrogen (secondary N) is 2. The molecule has 1 saturated carbocycles. The maximum Gasteiger partial charge on any atom is 0.243 e. The third kappa shape index (κ3) is 3.46. The third-order valence-electron chi connectivity index (χ3n) is 6.02. The summed E-state index contributed by atoms with van der Waals surface area (Å²) in [7, 11) is 1.75. The summed E-state index contributed by atoms with van der Waals surface area (Å²) >= 11 is 0. The summed E-state index contributed by atoms with van der Waals surface area (Å²) in [6.07, 6.45) is 7.92. The first kappa shape index (κ1) is 19.7. The summed E-state index contributed by atoms with van der Waals surface area (Å²) in [5, 5.41) is 25.3. The molecule has 4 aromatic rings. The van der Waals surface area contributed by atoms with Crippen LogP contribution in [0, 0.1) is 12.7 Å². The second-order valence-corrected chi connectivity index (χ2v) is 8.50. The minimum atomic E-state index is -0.612. The van der Waals surface area contributed by atoms with Crippen molar-refractivity contribution in [1.82, 2.24) is 29.2 Å². The molecule has 4 aromatic heterocycles. The number of anilines is 2. The van der Waals surface area contributed by atoms with Gasteiger partial charge in [-0.05, 0) is 45.6 Å². The molecular formula is C21H25FN8O. The second kappa shape index (κ2) is 7.16. The van der Waals surface area contributed by atoms with Crippen molar-refractivity contribution in [2.45, 2.75) is 51.2 Å². The van der Waals surface area contributed by atoms with Gasteiger partial charge >= 0.3 is 0 Å². The molecule has 3 N–H and O–H groups in total. The number of nitrogens with zero attached hydrogens (tertiary/aromatic N) is 6. The molecule has 0 atom stereocenters. The van der Waals surface area contributed by atoms with E-state index in [2.05, 4.69) is 30.8 Å². The molecule has 0 spiro atoms. The van der Waals surface area contributed by atoms with Crippen molar-refractivity contribution in [1.29, 1.82) is 0 Å². The highest BCUT2D eigenvalue weighted by molar-refractivity contribution is 5.88. The van der Waals surface area contributed by atoms with Crippen molar-refractivity contribution in [3.05, 3.63) is 36.0 Å². The molecule has 0 aromatic carbocycles. The zero-order chi connectivity index (χ0) is 21.8. The Morgan fingerprint density at radius 3 is 2.74 bits per heavy atom. The van der Waals surface area contributed by atoms with E-state index in [9.17, 15) is 5.11 Å². The lowest BCUT2D eigenvalue weighted by Gasteiger charge is -2.33. The first-order chi connectivity index (χ1) is 14.8. The lowest BCUT2D eigenvalue weighted by molar-refractivity contribution is 0.0195. The molecule has 1 fully saturated rings. The van der Waals surface area contributed by atoms with Gasteiger partial charge in [0, 0.05) is 24.8 Å². The van der Waals surface area contributed by atoms with E-state index in [4.69, 9.17) is 0 Å². The molecule has 0 aliphatic heterocycles. The molecular weight excluding hydrogens is 399 g/mol. The third-order valence-corrected chi connectivity index (χ3v) is 6.02. The Balaban J connectivity index is 1.55. The zero-order valence-electron chi connectivity index (χ0n) is 17.7. The second-order valence-electron chi connectivity index (χ2n) is 8.50. The summed E-state index contributed by atoms with van der Waals surface area (Å²) in [6.45, 7) is 3.78. The van der Waals surface area contributed by atoms with E-state index in [0.717, 1.165) is 31.2 Å². The summed E-state index contributed by atoms with van der Waals surface area (Å²) in [5.74, 6) is 0.497. The SMILES string of the molecule is CNc1nc(NC2CCC(C)(O)CC2)nn2cc(F)c(-c3ccn4ncc(C)c4n3)c12. The van der Waals surface area contributed by atoms with Crippen LogP contribution in [0.25, 0.3) is 22.4 Å². The van der Waals surface area contributed by atoms with Crippen molar-refractivity contribution in [2.75, 3.05) is 17.7 Å². The van der Waals surface area contributed by atoms with Crippen molar-refractivity contribution in [2.24, 2.45) is 0 Å². The van der Waals surface area contributed by atoms with Gasteiger partial charge < -0.3 is 15.7 Å². The van der Waals surface area contributed by atoms with Gasteiger partial charge in [0.2, 0.25) is 5.95 Å². The van der Waals surface area contributed by atoms with Gasteiger partial charge in [0.25, 0.3) is 0 Å². The van der Waals surface area contributed by atoms with E-state index < -0.39 is 11.4 Å². The van der Waals surface area contributed by atoms with E-state index in [0.29, 0.717) is 34.2 Å². The van der Waals surface area contributed by atoms with Crippen LogP contribution in [0.3, 0.4) is 0 Å². The fourth-order valence-corrected chi connectivity index (χ4v) is 4.22. The largest absolute Gasteiger partial charge is 0.390 e. The maximum atomic E-state index is 15.1. The van der Waals surface area contributed by atoms with Crippen molar-refractivity contribution in [3.8, 4) is 11.3 Å². The van der Waals surface area contributed by atoms with Crippen LogP contribution >= 0.6 is 0 Å². The van der Waals surface area contributed by atoms with Crippen LogP contribution in [0.5, 0.6) is 0 Å². The molecule has 0 saturated heterocycles. The van der Waals surface area contributed by atoms with E-state index in [1.807, 2.05) is 13.8 Å². The number of halogens is 1. The van der Waals surface area contributed by atoms with Gasteiger partial charge in [-0.25, -0.2) is 18.4 Å². The van der Waals surface area contributed by atoms with Gasteiger partial charge in [-0.3, -0.25) is 0 Å². The minimum absolute atomic E-state index is 0.163. The number of fused-ring (bicyclic) bond motifs is 2. The lowest BCUT2D eigenvalue weighted by Crippen LogP contribution is -2.36. The van der Waals surface area contributed by atoms with Crippen LogP contribution in [0.15, 0.2) is 24.7 Å². The number of aromatic nitrogens is 6. The molecule has 0 unspecified atom stereocenters. The predicted octanol–water partition coefficient (Wildman–Crippen LogP) is 3.03. The lowest BCUT2D eigenvalue weighted by atomic mass is 9.84. The van der Waals surface area contributed by atoms with Gasteiger partial charge in [-0.15, -0.1) is 5.10 Å². The fourth-order valence-electron chi connectivity index (χ4n) is 4.22. The van der Waals surface area contributed by atoms with E-state index in [1.54, 1.807) is 30.0 Å². The molecule has 9 nitrogen and oxygen atoms in total. The zero-order valence-corrected chi connectivity index (χ0v) is 17.7. The van der Waals surface area contributed by atoms with Gasteiger partial charge in [0.05, 0.1) is 29.3 Å². The summed E-state index contributed by atoms with van der Waals surface area (Å²) < 4.78 is 18.2. The highest BCUT2D eigenvalue weighted by atomic mass is 19.1. The summed E-state index contributed by atoms with van der Waals surface area (Å²) in [4.78, 5) is 9.21. The Kier molecular flexibility index (Phi) is 4.54. The Morgan fingerprint density at radius 1 is 1.23 bits per heavy atom. The average Bonchev–Trinajstić information content (AvgIpc) is 3.27. The van der Waals surface area contributed by atoms with E-state index in [-0.39, 0.29) is 6.04 Å². The van der Waals surface area contributed by atoms with Crippen LogP contribution in [0.2, 0.25) is 0 Å². The molecule has 5 rings (SSSR count). The van der Waals surface area contributed by atoms with Crippen LogP contribution in [-0.2, 0) is 0 Å². The van der Waals surface area contributed by atoms with E-state index >= 15 is 4.39 Å².